The standard InChI is InChI=1S/C16H25NO3/c1-6-20-15(18)16(4,17-9-10-19-5)14-8-7-12(2)11-13(14)3/h7-8,11,17H,6,9-10H2,1-5H3. The maximum Gasteiger partial charge on any atom is 0.330 e. The molecule has 20 heavy (non-hydrogen) atoms. The van der Waals surface area contributed by atoms with Gasteiger partial charge in [-0.3, -0.25) is 5.32 Å². The summed E-state index contributed by atoms with van der Waals surface area (Å²) in [6.07, 6.45) is 0. The number of esters is 1. The molecule has 0 saturated heterocycles. The normalized spacial score (nSPS) is 13.8. The number of benzene rings is 1. The molecule has 0 radical (unpaired) electrons. The van der Waals surface area contributed by atoms with E-state index in [0.717, 1.165) is 11.1 Å². The van der Waals surface area contributed by atoms with Crippen molar-refractivity contribution >= 4 is 5.97 Å². The van der Waals surface area contributed by atoms with Crippen molar-refractivity contribution in [3.63, 3.8) is 0 Å². The molecule has 4 heteroatoms. The van der Waals surface area contributed by atoms with E-state index >= 15 is 0 Å². The predicted molar refractivity (Wildman–Crippen MR) is 79.8 cm³/mol. The number of rotatable bonds is 7. The highest BCUT2D eigenvalue weighted by Gasteiger charge is 2.37. The fourth-order valence-corrected chi connectivity index (χ4v) is 2.33. The van der Waals surface area contributed by atoms with Gasteiger partial charge in [0.25, 0.3) is 0 Å². The molecule has 1 atom stereocenters. The van der Waals surface area contributed by atoms with Crippen molar-refractivity contribution < 1.29 is 14.3 Å². The minimum absolute atomic E-state index is 0.261. The van der Waals surface area contributed by atoms with Gasteiger partial charge in [0, 0.05) is 13.7 Å². The van der Waals surface area contributed by atoms with Crippen molar-refractivity contribution in [1.82, 2.24) is 5.32 Å². The number of ether oxygens (including phenoxy) is 2. The van der Waals surface area contributed by atoms with E-state index in [-0.39, 0.29) is 5.97 Å². The maximum atomic E-state index is 12.4. The molecule has 0 bridgehead atoms. The van der Waals surface area contributed by atoms with Crippen LogP contribution < -0.4 is 5.32 Å². The minimum Gasteiger partial charge on any atom is -0.464 e. The molecule has 1 aromatic rings. The SMILES string of the molecule is CCOC(=O)C(C)(NCCOC)c1ccc(C)cc1C. The van der Waals surface area contributed by atoms with E-state index < -0.39 is 5.54 Å². The van der Waals surface area contributed by atoms with Crippen molar-refractivity contribution in [2.45, 2.75) is 33.2 Å². The van der Waals surface area contributed by atoms with Gasteiger partial charge in [-0.15, -0.1) is 0 Å². The van der Waals surface area contributed by atoms with Gasteiger partial charge in [0.1, 0.15) is 5.54 Å². The molecule has 0 aliphatic rings. The first-order chi connectivity index (χ1) is 9.45. The number of hydrogen-bond acceptors (Lipinski definition) is 4. The number of methoxy groups -OCH3 is 1. The van der Waals surface area contributed by atoms with Crippen LogP contribution in [-0.4, -0.2) is 32.8 Å². The molecule has 0 aromatic heterocycles. The lowest BCUT2D eigenvalue weighted by molar-refractivity contribution is -0.151. The van der Waals surface area contributed by atoms with Gasteiger partial charge in [-0.2, -0.15) is 0 Å². The Morgan fingerprint density at radius 3 is 2.60 bits per heavy atom. The van der Waals surface area contributed by atoms with Crippen LogP contribution in [0.1, 0.15) is 30.5 Å². The number of hydrogen-bond donors (Lipinski definition) is 1. The summed E-state index contributed by atoms with van der Waals surface area (Å²) in [5.74, 6) is -0.261. The molecule has 1 rings (SSSR count). The lowest BCUT2D eigenvalue weighted by atomic mass is 9.87. The van der Waals surface area contributed by atoms with Crippen LogP contribution in [-0.2, 0) is 19.8 Å². The Bertz CT molecular complexity index is 459. The highest BCUT2D eigenvalue weighted by atomic mass is 16.5. The second-order valence-corrected chi connectivity index (χ2v) is 5.08. The summed E-state index contributed by atoms with van der Waals surface area (Å²) in [6, 6.07) is 6.07. The summed E-state index contributed by atoms with van der Waals surface area (Å²) >= 11 is 0. The van der Waals surface area contributed by atoms with Crippen molar-refractivity contribution in [3.8, 4) is 0 Å². The van der Waals surface area contributed by atoms with E-state index in [2.05, 4.69) is 11.4 Å². The molecule has 4 nitrogen and oxygen atoms in total. The largest absolute Gasteiger partial charge is 0.464 e. The molecule has 0 aliphatic heterocycles. The Balaban J connectivity index is 3.11. The van der Waals surface area contributed by atoms with Crippen molar-refractivity contribution in [2.75, 3.05) is 26.9 Å². The molecule has 0 amide bonds. The highest BCUT2D eigenvalue weighted by Crippen LogP contribution is 2.26. The zero-order chi connectivity index (χ0) is 15.2. The van der Waals surface area contributed by atoms with E-state index in [1.165, 1.54) is 5.56 Å². The summed E-state index contributed by atoms with van der Waals surface area (Å²) in [6.45, 7) is 9.22. The molecule has 0 heterocycles. The van der Waals surface area contributed by atoms with Gasteiger partial charge in [-0.25, -0.2) is 4.79 Å². The Morgan fingerprint density at radius 2 is 2.05 bits per heavy atom. The average molecular weight is 279 g/mol. The summed E-state index contributed by atoms with van der Waals surface area (Å²) in [7, 11) is 1.64. The van der Waals surface area contributed by atoms with Gasteiger partial charge in [-0.05, 0) is 38.8 Å². The molecular formula is C16H25NO3. The molecule has 0 saturated carbocycles. The summed E-state index contributed by atoms with van der Waals surface area (Å²) in [5.41, 5.74) is 2.34. The molecule has 0 fully saturated rings. The Morgan fingerprint density at radius 1 is 1.35 bits per heavy atom. The van der Waals surface area contributed by atoms with Crippen LogP contribution in [0.15, 0.2) is 18.2 Å². The Kier molecular flexibility index (Phi) is 6.17. The van der Waals surface area contributed by atoms with Gasteiger partial charge in [0.2, 0.25) is 0 Å². The highest BCUT2D eigenvalue weighted by molar-refractivity contribution is 5.82. The topological polar surface area (TPSA) is 47.6 Å². The number of nitrogens with one attached hydrogen (secondary N) is 1. The van der Waals surface area contributed by atoms with E-state index in [0.29, 0.717) is 19.8 Å². The maximum absolute atomic E-state index is 12.4. The zero-order valence-corrected chi connectivity index (χ0v) is 13.1. The van der Waals surface area contributed by atoms with Gasteiger partial charge >= 0.3 is 5.97 Å². The van der Waals surface area contributed by atoms with Gasteiger partial charge < -0.3 is 9.47 Å². The fraction of sp³-hybridized carbons (Fsp3) is 0.562. The van der Waals surface area contributed by atoms with E-state index in [4.69, 9.17) is 9.47 Å². The smallest absolute Gasteiger partial charge is 0.330 e. The van der Waals surface area contributed by atoms with Crippen molar-refractivity contribution in [2.24, 2.45) is 0 Å². The van der Waals surface area contributed by atoms with Crippen LogP contribution in [0.5, 0.6) is 0 Å². The third-order valence-electron chi connectivity index (χ3n) is 3.39. The van der Waals surface area contributed by atoms with Crippen LogP contribution in [0.3, 0.4) is 0 Å². The van der Waals surface area contributed by atoms with E-state index in [1.54, 1.807) is 7.11 Å². The summed E-state index contributed by atoms with van der Waals surface area (Å²) in [4.78, 5) is 12.4. The molecule has 0 spiro atoms. The lowest BCUT2D eigenvalue weighted by Crippen LogP contribution is -2.49. The van der Waals surface area contributed by atoms with Crippen LogP contribution in [0, 0.1) is 13.8 Å². The molecular weight excluding hydrogens is 254 g/mol. The van der Waals surface area contributed by atoms with Crippen LogP contribution >= 0.6 is 0 Å². The van der Waals surface area contributed by atoms with Gasteiger partial charge in [0.05, 0.1) is 13.2 Å². The number of aryl methyl sites for hydroxylation is 2. The number of carbonyl (C=O) groups is 1. The zero-order valence-electron chi connectivity index (χ0n) is 13.1. The first kappa shape index (κ1) is 16.7. The molecule has 1 unspecified atom stereocenters. The molecule has 112 valence electrons. The van der Waals surface area contributed by atoms with Crippen LogP contribution in [0.4, 0.5) is 0 Å². The monoisotopic (exact) mass is 279 g/mol. The van der Waals surface area contributed by atoms with E-state index in [9.17, 15) is 4.79 Å². The van der Waals surface area contributed by atoms with Gasteiger partial charge in [0.15, 0.2) is 0 Å². The third kappa shape index (κ3) is 3.81. The first-order valence-electron chi connectivity index (χ1n) is 6.94. The first-order valence-corrected chi connectivity index (χ1v) is 6.94. The molecule has 0 aliphatic carbocycles. The predicted octanol–water partition coefficient (Wildman–Crippen LogP) is 2.32. The van der Waals surface area contributed by atoms with Crippen LogP contribution in [0.2, 0.25) is 0 Å². The second-order valence-electron chi connectivity index (χ2n) is 5.08. The Labute approximate surface area is 121 Å². The lowest BCUT2D eigenvalue weighted by Gasteiger charge is -2.30. The fourth-order valence-electron chi connectivity index (χ4n) is 2.33. The van der Waals surface area contributed by atoms with E-state index in [1.807, 2.05) is 39.8 Å². The van der Waals surface area contributed by atoms with Gasteiger partial charge in [-0.1, -0.05) is 23.8 Å². The quantitative estimate of drug-likeness (QED) is 0.614. The number of carbonyl (C=O) groups excluding carboxylic acids is 1. The minimum atomic E-state index is -0.855. The third-order valence-corrected chi connectivity index (χ3v) is 3.39. The molecule has 1 aromatic carbocycles. The summed E-state index contributed by atoms with van der Waals surface area (Å²) in [5, 5.41) is 3.26. The Hall–Kier alpha value is -1.39. The summed E-state index contributed by atoms with van der Waals surface area (Å²) < 4.78 is 10.3. The average Bonchev–Trinajstić information content (AvgIpc) is 2.39. The second kappa shape index (κ2) is 7.41. The van der Waals surface area contributed by atoms with Crippen molar-refractivity contribution in [3.05, 3.63) is 34.9 Å². The molecule has 1 N–H and O–H groups in total. The van der Waals surface area contributed by atoms with Crippen LogP contribution in [0.25, 0.3) is 0 Å². The van der Waals surface area contributed by atoms with Crippen molar-refractivity contribution in [1.29, 1.82) is 0 Å².